The fraction of sp³-hybridized carbons (Fsp3) is 0.529. The number of aromatic nitrogens is 1. The molecule has 1 fully saturated rings. The molecule has 0 aliphatic carbocycles. The van der Waals surface area contributed by atoms with Gasteiger partial charge in [0.05, 0.1) is 0 Å². The molecule has 1 aromatic carbocycles. The lowest BCUT2D eigenvalue weighted by Crippen LogP contribution is -2.21. The van der Waals surface area contributed by atoms with Gasteiger partial charge in [0.2, 0.25) is 0 Å². The van der Waals surface area contributed by atoms with Gasteiger partial charge >= 0.3 is 0 Å². The van der Waals surface area contributed by atoms with E-state index in [4.69, 9.17) is 5.73 Å². The van der Waals surface area contributed by atoms with Crippen LogP contribution in [0.4, 0.5) is 5.69 Å². The summed E-state index contributed by atoms with van der Waals surface area (Å²) in [4.78, 5) is 3.09. The maximum atomic E-state index is 5.57. The highest BCUT2D eigenvalue weighted by molar-refractivity contribution is 5.82. The van der Waals surface area contributed by atoms with Crippen LogP contribution in [0.2, 0.25) is 0 Å². The predicted molar refractivity (Wildman–Crippen MR) is 92.1 cm³/mol. The van der Waals surface area contributed by atoms with Crippen LogP contribution in [0.1, 0.15) is 47.0 Å². The van der Waals surface area contributed by atoms with Gasteiger partial charge in [-0.25, -0.2) is 0 Å². The zero-order chi connectivity index (χ0) is 15.2. The molecule has 2 heterocycles. The lowest BCUT2D eigenvalue weighted by atomic mass is 10.2. The van der Waals surface area contributed by atoms with Gasteiger partial charge in [0.15, 0.2) is 0 Å². The summed E-state index contributed by atoms with van der Waals surface area (Å²) in [7, 11) is 0. The van der Waals surface area contributed by atoms with E-state index >= 15 is 0 Å². The number of nitrogens with two attached hydrogens (primary N) is 1. The Morgan fingerprint density at radius 3 is 2.05 bits per heavy atom. The summed E-state index contributed by atoms with van der Waals surface area (Å²) in [5, 5.41) is 4.45. The molecule has 0 spiro atoms. The summed E-state index contributed by atoms with van der Waals surface area (Å²) in [6.07, 6.45) is 6.12. The number of anilines is 1. The SMILES string of the molecule is C1CCNCC1.CC.CC.Nc1ccc2[nH]ccc2c1. The average Bonchev–Trinajstić information content (AvgIpc) is 3.01. The molecule has 0 saturated carbocycles. The first-order valence-electron chi connectivity index (χ1n) is 7.89. The Labute approximate surface area is 124 Å². The van der Waals surface area contributed by atoms with Crippen molar-refractivity contribution < 1.29 is 0 Å². The molecule has 3 heteroatoms. The normalized spacial score (nSPS) is 13.0. The average molecular weight is 277 g/mol. The molecule has 1 aliphatic heterocycles. The van der Waals surface area contributed by atoms with Gasteiger partial charge in [0.25, 0.3) is 0 Å². The van der Waals surface area contributed by atoms with E-state index in [2.05, 4.69) is 10.3 Å². The zero-order valence-electron chi connectivity index (χ0n) is 13.5. The van der Waals surface area contributed by atoms with Crippen LogP contribution in [0.5, 0.6) is 0 Å². The molecule has 1 aliphatic rings. The summed E-state index contributed by atoms with van der Waals surface area (Å²) in [5.41, 5.74) is 7.51. The highest BCUT2D eigenvalue weighted by Crippen LogP contribution is 2.14. The first-order valence-corrected chi connectivity index (χ1v) is 7.89. The van der Waals surface area contributed by atoms with Gasteiger partial charge in [-0.2, -0.15) is 0 Å². The Bertz CT molecular complexity index is 419. The number of hydrogen-bond acceptors (Lipinski definition) is 2. The monoisotopic (exact) mass is 277 g/mol. The van der Waals surface area contributed by atoms with Gasteiger partial charge in [-0.15, -0.1) is 0 Å². The van der Waals surface area contributed by atoms with Crippen molar-refractivity contribution in [3.8, 4) is 0 Å². The van der Waals surface area contributed by atoms with Crippen molar-refractivity contribution in [2.45, 2.75) is 47.0 Å². The minimum absolute atomic E-state index is 0.812. The van der Waals surface area contributed by atoms with Crippen molar-refractivity contribution >= 4 is 16.6 Å². The van der Waals surface area contributed by atoms with E-state index < -0.39 is 0 Å². The van der Waals surface area contributed by atoms with Crippen LogP contribution in [0.3, 0.4) is 0 Å². The van der Waals surface area contributed by atoms with Crippen molar-refractivity contribution in [1.82, 2.24) is 10.3 Å². The molecule has 0 bridgehead atoms. The Hall–Kier alpha value is -1.48. The third kappa shape index (κ3) is 7.19. The lowest BCUT2D eigenvalue weighted by Gasteiger charge is -2.08. The molecule has 0 radical (unpaired) electrons. The molecule has 3 rings (SSSR count). The Morgan fingerprint density at radius 2 is 1.55 bits per heavy atom. The summed E-state index contributed by atoms with van der Waals surface area (Å²) in [5.74, 6) is 0. The fourth-order valence-electron chi connectivity index (χ4n) is 1.87. The molecule has 4 N–H and O–H groups in total. The number of piperidine rings is 1. The van der Waals surface area contributed by atoms with Gasteiger partial charge in [-0.05, 0) is 50.2 Å². The van der Waals surface area contributed by atoms with Crippen LogP contribution in [0, 0.1) is 0 Å². The number of nitrogens with one attached hydrogen (secondary N) is 2. The largest absolute Gasteiger partial charge is 0.399 e. The molecule has 2 aromatic rings. The number of hydrogen-bond donors (Lipinski definition) is 3. The lowest BCUT2D eigenvalue weighted by molar-refractivity contribution is 0.520. The van der Waals surface area contributed by atoms with Gasteiger partial charge < -0.3 is 16.0 Å². The summed E-state index contributed by atoms with van der Waals surface area (Å²) in [6, 6.07) is 7.82. The number of aromatic amines is 1. The number of H-pyrrole nitrogens is 1. The quantitative estimate of drug-likeness (QED) is 0.618. The Kier molecular flexibility index (Phi) is 11.6. The number of rotatable bonds is 0. The molecule has 0 unspecified atom stereocenters. The Balaban J connectivity index is 0.000000312. The highest BCUT2D eigenvalue weighted by Gasteiger charge is 1.93. The second-order valence-electron chi connectivity index (χ2n) is 4.14. The van der Waals surface area contributed by atoms with Crippen LogP contribution < -0.4 is 11.1 Å². The predicted octanol–water partition coefficient (Wildman–Crippen LogP) is 4.56. The van der Waals surface area contributed by atoms with Crippen LogP contribution in [0.25, 0.3) is 10.9 Å². The van der Waals surface area contributed by atoms with E-state index in [1.54, 1.807) is 0 Å². The van der Waals surface area contributed by atoms with Gasteiger partial charge in [-0.3, -0.25) is 0 Å². The van der Waals surface area contributed by atoms with E-state index in [1.807, 2.05) is 58.2 Å². The molecule has 114 valence electrons. The number of benzene rings is 1. The number of fused-ring (bicyclic) bond motifs is 1. The van der Waals surface area contributed by atoms with E-state index in [0.717, 1.165) is 11.2 Å². The minimum Gasteiger partial charge on any atom is -0.399 e. The smallest absolute Gasteiger partial charge is 0.0455 e. The molecule has 0 atom stereocenters. The molecule has 3 nitrogen and oxygen atoms in total. The summed E-state index contributed by atoms with van der Waals surface area (Å²) in [6.45, 7) is 10.5. The van der Waals surface area contributed by atoms with Gasteiger partial charge in [-0.1, -0.05) is 34.1 Å². The van der Waals surface area contributed by atoms with Crippen LogP contribution in [0.15, 0.2) is 30.5 Å². The third-order valence-corrected chi connectivity index (χ3v) is 2.78. The van der Waals surface area contributed by atoms with Gasteiger partial charge in [0, 0.05) is 22.8 Å². The van der Waals surface area contributed by atoms with E-state index in [9.17, 15) is 0 Å². The van der Waals surface area contributed by atoms with E-state index in [-0.39, 0.29) is 0 Å². The van der Waals surface area contributed by atoms with Gasteiger partial charge in [0.1, 0.15) is 0 Å². The molecule has 1 saturated heterocycles. The first kappa shape index (κ1) is 18.5. The van der Waals surface area contributed by atoms with E-state index in [1.165, 1.54) is 37.7 Å². The van der Waals surface area contributed by atoms with E-state index in [0.29, 0.717) is 0 Å². The topological polar surface area (TPSA) is 53.8 Å². The van der Waals surface area contributed by atoms with Crippen molar-refractivity contribution in [2.75, 3.05) is 18.8 Å². The summed E-state index contributed by atoms with van der Waals surface area (Å²) >= 11 is 0. The van der Waals surface area contributed by atoms with Crippen molar-refractivity contribution in [3.63, 3.8) is 0 Å². The summed E-state index contributed by atoms with van der Waals surface area (Å²) < 4.78 is 0. The molecular formula is C17H31N3. The molecule has 0 amide bonds. The Morgan fingerprint density at radius 1 is 0.900 bits per heavy atom. The van der Waals surface area contributed by atoms with Crippen molar-refractivity contribution in [2.24, 2.45) is 0 Å². The first-order chi connectivity index (χ1) is 9.86. The van der Waals surface area contributed by atoms with Crippen LogP contribution in [-0.2, 0) is 0 Å². The molecule has 1 aromatic heterocycles. The fourth-order valence-corrected chi connectivity index (χ4v) is 1.87. The standard InChI is InChI=1S/C8H8N2.C5H11N.2C2H6/c9-7-1-2-8-6(5-7)3-4-10-8;1-2-4-6-5-3-1;2*1-2/h1-5,10H,9H2;6H,1-5H2;2*1-2H3. The third-order valence-electron chi connectivity index (χ3n) is 2.78. The second-order valence-corrected chi connectivity index (χ2v) is 4.14. The van der Waals surface area contributed by atoms with Crippen LogP contribution in [-0.4, -0.2) is 18.1 Å². The van der Waals surface area contributed by atoms with Crippen molar-refractivity contribution in [3.05, 3.63) is 30.5 Å². The zero-order valence-corrected chi connectivity index (χ0v) is 13.5. The number of nitrogen functional groups attached to an aromatic ring is 1. The molecular weight excluding hydrogens is 246 g/mol. The minimum atomic E-state index is 0.812. The van der Waals surface area contributed by atoms with Crippen molar-refractivity contribution in [1.29, 1.82) is 0 Å². The maximum absolute atomic E-state index is 5.57. The second kappa shape index (κ2) is 12.5. The maximum Gasteiger partial charge on any atom is 0.0455 e. The van der Waals surface area contributed by atoms with Crippen LogP contribution >= 0.6 is 0 Å². The highest BCUT2D eigenvalue weighted by atomic mass is 14.9. The molecule has 20 heavy (non-hydrogen) atoms.